The predicted molar refractivity (Wildman–Crippen MR) is 62.0 cm³/mol. The Labute approximate surface area is 92.5 Å². The molecule has 0 amide bonds. The van der Waals surface area contributed by atoms with Crippen molar-refractivity contribution in [2.45, 2.75) is 13.3 Å². The number of hydrogen-bond donors (Lipinski definition) is 0. The Hall–Kier alpha value is -1.29. The Morgan fingerprint density at radius 2 is 2.40 bits per heavy atom. The summed E-state index contributed by atoms with van der Waals surface area (Å²) < 4.78 is 1.99. The molecule has 0 bridgehead atoms. The summed E-state index contributed by atoms with van der Waals surface area (Å²) in [5.74, 6) is 0.805. The minimum Gasteiger partial charge on any atom is -0.307 e. The fourth-order valence-corrected chi connectivity index (χ4v) is 2.01. The molecule has 4 heteroatoms. The zero-order valence-corrected chi connectivity index (χ0v) is 9.33. The van der Waals surface area contributed by atoms with Crippen molar-refractivity contribution in [3.05, 3.63) is 36.3 Å². The number of nitrogens with zero attached hydrogens (tertiary/aromatic N) is 2. The molecule has 0 radical (unpaired) electrons. The highest BCUT2D eigenvalue weighted by Crippen LogP contribution is 2.09. The molecule has 0 saturated carbocycles. The maximum absolute atomic E-state index is 10.7. The first kappa shape index (κ1) is 10.2. The van der Waals surface area contributed by atoms with Crippen LogP contribution in [-0.4, -0.2) is 20.3 Å². The van der Waals surface area contributed by atoms with Gasteiger partial charge < -0.3 is 4.40 Å². The molecule has 3 nitrogen and oxygen atoms in total. The molecule has 0 atom stereocenters. The second kappa shape index (κ2) is 4.49. The molecule has 0 fully saturated rings. The lowest BCUT2D eigenvalue weighted by Gasteiger charge is -1.92. The van der Waals surface area contributed by atoms with Crippen molar-refractivity contribution in [3.63, 3.8) is 0 Å². The zero-order valence-electron chi connectivity index (χ0n) is 8.51. The number of aryl methyl sites for hydroxylation is 1. The number of hydrogen-bond acceptors (Lipinski definition) is 3. The third kappa shape index (κ3) is 2.59. The second-order valence-corrected chi connectivity index (χ2v) is 4.56. The highest BCUT2D eigenvalue weighted by molar-refractivity contribution is 8.13. The van der Waals surface area contributed by atoms with Crippen LogP contribution >= 0.6 is 11.8 Å². The van der Waals surface area contributed by atoms with Crippen LogP contribution < -0.4 is 0 Å². The minimum absolute atomic E-state index is 0.166. The summed E-state index contributed by atoms with van der Waals surface area (Å²) in [6.45, 7) is 1.59. The molecule has 0 N–H and O–H groups in total. The van der Waals surface area contributed by atoms with Crippen molar-refractivity contribution in [3.8, 4) is 0 Å². The molecule has 0 aliphatic carbocycles. The molecular formula is C11H12N2OS. The Kier molecular flexibility index (Phi) is 3.06. The van der Waals surface area contributed by atoms with Gasteiger partial charge in [0.05, 0.1) is 5.69 Å². The van der Waals surface area contributed by atoms with Crippen LogP contribution in [0.3, 0.4) is 0 Å². The van der Waals surface area contributed by atoms with Crippen molar-refractivity contribution < 1.29 is 4.79 Å². The van der Waals surface area contributed by atoms with Gasteiger partial charge in [-0.15, -0.1) is 0 Å². The summed E-state index contributed by atoms with van der Waals surface area (Å²) >= 11 is 1.35. The van der Waals surface area contributed by atoms with Crippen LogP contribution in [-0.2, 0) is 11.2 Å². The van der Waals surface area contributed by atoms with Crippen LogP contribution in [0.5, 0.6) is 0 Å². The maximum Gasteiger partial charge on any atom is 0.185 e. The molecule has 2 aromatic rings. The third-order valence-electron chi connectivity index (χ3n) is 2.08. The smallest absolute Gasteiger partial charge is 0.185 e. The quantitative estimate of drug-likeness (QED) is 0.795. The van der Waals surface area contributed by atoms with Gasteiger partial charge in [0.15, 0.2) is 5.12 Å². The van der Waals surface area contributed by atoms with E-state index < -0.39 is 0 Å². The van der Waals surface area contributed by atoms with Crippen molar-refractivity contribution >= 4 is 22.5 Å². The van der Waals surface area contributed by atoms with E-state index in [1.54, 1.807) is 6.92 Å². The number of aromatic nitrogens is 2. The van der Waals surface area contributed by atoms with Crippen molar-refractivity contribution in [1.82, 2.24) is 9.38 Å². The molecule has 0 spiro atoms. The maximum atomic E-state index is 10.7. The van der Waals surface area contributed by atoms with E-state index in [-0.39, 0.29) is 5.12 Å². The van der Waals surface area contributed by atoms with Crippen LogP contribution in [0.15, 0.2) is 30.6 Å². The van der Waals surface area contributed by atoms with Crippen LogP contribution in [0.4, 0.5) is 0 Å². The van der Waals surface area contributed by atoms with Crippen LogP contribution in [0.1, 0.15) is 12.6 Å². The molecule has 0 aromatic carbocycles. The highest BCUT2D eigenvalue weighted by atomic mass is 32.2. The van der Waals surface area contributed by atoms with Gasteiger partial charge in [-0.1, -0.05) is 17.8 Å². The molecule has 2 heterocycles. The highest BCUT2D eigenvalue weighted by Gasteiger charge is 2.01. The predicted octanol–water partition coefficient (Wildman–Crippen LogP) is 2.16. The fourth-order valence-electron chi connectivity index (χ4n) is 1.41. The second-order valence-electron chi connectivity index (χ2n) is 3.29. The number of thioether (sulfide) groups is 1. The van der Waals surface area contributed by atoms with Gasteiger partial charge in [0.25, 0.3) is 0 Å². The van der Waals surface area contributed by atoms with Gasteiger partial charge in [0, 0.05) is 31.5 Å². The third-order valence-corrected chi connectivity index (χ3v) is 2.89. The number of fused-ring (bicyclic) bond motifs is 1. The monoisotopic (exact) mass is 220 g/mol. The average molecular weight is 220 g/mol. The first-order valence-corrected chi connectivity index (χ1v) is 5.80. The van der Waals surface area contributed by atoms with Gasteiger partial charge in [-0.3, -0.25) is 4.79 Å². The van der Waals surface area contributed by atoms with Crippen molar-refractivity contribution in [2.75, 3.05) is 5.75 Å². The molecule has 0 saturated heterocycles. The van der Waals surface area contributed by atoms with E-state index in [2.05, 4.69) is 4.98 Å². The van der Waals surface area contributed by atoms with E-state index >= 15 is 0 Å². The molecule has 0 aliphatic rings. The molecule has 0 aliphatic heterocycles. The molecule has 15 heavy (non-hydrogen) atoms. The van der Waals surface area contributed by atoms with Gasteiger partial charge in [-0.2, -0.15) is 0 Å². The number of imidazole rings is 1. The normalized spacial score (nSPS) is 10.7. The molecule has 0 unspecified atom stereocenters. The summed E-state index contributed by atoms with van der Waals surface area (Å²) in [6, 6.07) is 5.92. The molecular weight excluding hydrogens is 208 g/mol. The van der Waals surface area contributed by atoms with Crippen LogP contribution in [0.2, 0.25) is 0 Å². The Morgan fingerprint density at radius 3 is 3.13 bits per heavy atom. The largest absolute Gasteiger partial charge is 0.307 e. The topological polar surface area (TPSA) is 34.4 Å². The summed E-state index contributed by atoms with van der Waals surface area (Å²) in [6.07, 6.45) is 4.83. The Morgan fingerprint density at radius 1 is 1.53 bits per heavy atom. The summed E-state index contributed by atoms with van der Waals surface area (Å²) in [4.78, 5) is 15.2. The van der Waals surface area contributed by atoms with Gasteiger partial charge in [-0.25, -0.2) is 4.98 Å². The molecule has 2 aromatic heterocycles. The van der Waals surface area contributed by atoms with Crippen LogP contribution in [0, 0.1) is 0 Å². The SMILES string of the molecule is CC(=O)SCCc1cn2ccccc2n1. The van der Waals surface area contributed by atoms with E-state index in [0.717, 1.165) is 23.5 Å². The van der Waals surface area contributed by atoms with Gasteiger partial charge in [0.1, 0.15) is 5.65 Å². The van der Waals surface area contributed by atoms with E-state index in [0.29, 0.717) is 0 Å². The first-order chi connectivity index (χ1) is 7.25. The lowest BCUT2D eigenvalue weighted by atomic mass is 10.4. The lowest BCUT2D eigenvalue weighted by molar-refractivity contribution is -0.109. The molecule has 78 valence electrons. The van der Waals surface area contributed by atoms with E-state index in [4.69, 9.17) is 0 Å². The Balaban J connectivity index is 2.05. The fraction of sp³-hybridized carbons (Fsp3) is 0.273. The van der Waals surface area contributed by atoms with Crippen molar-refractivity contribution in [1.29, 1.82) is 0 Å². The van der Waals surface area contributed by atoms with E-state index in [9.17, 15) is 4.79 Å². The average Bonchev–Trinajstić information content (AvgIpc) is 2.59. The number of pyridine rings is 1. The summed E-state index contributed by atoms with van der Waals surface area (Å²) in [7, 11) is 0. The zero-order chi connectivity index (χ0) is 10.7. The summed E-state index contributed by atoms with van der Waals surface area (Å²) in [5.41, 5.74) is 2.00. The standard InChI is InChI=1S/C11H12N2OS/c1-9(14)15-7-5-10-8-13-6-3-2-4-11(13)12-10/h2-4,6,8H,5,7H2,1H3. The van der Waals surface area contributed by atoms with Gasteiger partial charge >= 0.3 is 0 Å². The van der Waals surface area contributed by atoms with Gasteiger partial charge in [0.2, 0.25) is 0 Å². The van der Waals surface area contributed by atoms with Gasteiger partial charge in [-0.05, 0) is 12.1 Å². The first-order valence-electron chi connectivity index (χ1n) is 4.82. The number of carbonyl (C=O) groups excluding carboxylic acids is 1. The Bertz CT molecular complexity index is 445. The van der Waals surface area contributed by atoms with E-state index in [1.165, 1.54) is 11.8 Å². The minimum atomic E-state index is 0.166. The molecule has 2 rings (SSSR count). The van der Waals surface area contributed by atoms with Crippen LogP contribution in [0.25, 0.3) is 5.65 Å². The lowest BCUT2D eigenvalue weighted by Crippen LogP contribution is -1.91. The van der Waals surface area contributed by atoms with Crippen molar-refractivity contribution in [2.24, 2.45) is 0 Å². The number of carbonyl (C=O) groups is 1. The van der Waals surface area contributed by atoms with E-state index in [1.807, 2.05) is 35.0 Å². The number of rotatable bonds is 3. The summed E-state index contributed by atoms with van der Waals surface area (Å²) in [5, 5.41) is 0.166.